The molecule has 1 aromatic carbocycles. The predicted octanol–water partition coefficient (Wildman–Crippen LogP) is 2.91. The summed E-state index contributed by atoms with van der Waals surface area (Å²) in [6, 6.07) is 8.73. The van der Waals surface area contributed by atoms with Crippen LogP contribution in [0.25, 0.3) is 0 Å². The molecule has 1 rings (SSSR count). The highest BCUT2D eigenvalue weighted by Crippen LogP contribution is 2.14. The minimum absolute atomic E-state index is 0.654. The SMILES string of the molecule is CCCC(CN)Cc1cccc(C)c1. The predicted molar refractivity (Wildman–Crippen MR) is 62.3 cm³/mol. The first kappa shape index (κ1) is 11.3. The second-order valence-electron chi connectivity index (χ2n) is 4.08. The van der Waals surface area contributed by atoms with Gasteiger partial charge in [0.25, 0.3) is 0 Å². The lowest BCUT2D eigenvalue weighted by molar-refractivity contribution is 0.487. The van der Waals surface area contributed by atoms with Gasteiger partial charge < -0.3 is 5.73 Å². The Hall–Kier alpha value is -0.820. The zero-order valence-corrected chi connectivity index (χ0v) is 9.29. The summed E-state index contributed by atoms with van der Waals surface area (Å²) in [4.78, 5) is 0. The Labute approximate surface area is 87.3 Å². The summed E-state index contributed by atoms with van der Waals surface area (Å²) < 4.78 is 0. The molecule has 2 N–H and O–H groups in total. The van der Waals surface area contributed by atoms with Gasteiger partial charge >= 0.3 is 0 Å². The lowest BCUT2D eigenvalue weighted by Crippen LogP contribution is -2.16. The van der Waals surface area contributed by atoms with Gasteiger partial charge in [0.2, 0.25) is 0 Å². The molecule has 0 amide bonds. The molecule has 0 fully saturated rings. The van der Waals surface area contributed by atoms with E-state index in [0.29, 0.717) is 5.92 Å². The molecule has 0 spiro atoms. The molecule has 0 aromatic heterocycles. The zero-order valence-electron chi connectivity index (χ0n) is 9.29. The first-order valence-corrected chi connectivity index (χ1v) is 5.52. The van der Waals surface area contributed by atoms with E-state index in [0.717, 1.165) is 13.0 Å². The van der Waals surface area contributed by atoms with Crippen LogP contribution in [0.3, 0.4) is 0 Å². The average molecular weight is 191 g/mol. The molecule has 0 aliphatic heterocycles. The number of nitrogens with two attached hydrogens (primary N) is 1. The Morgan fingerprint density at radius 3 is 2.71 bits per heavy atom. The second-order valence-corrected chi connectivity index (χ2v) is 4.08. The van der Waals surface area contributed by atoms with E-state index < -0.39 is 0 Å². The number of hydrogen-bond donors (Lipinski definition) is 1. The molecule has 0 bridgehead atoms. The van der Waals surface area contributed by atoms with Crippen molar-refractivity contribution in [3.63, 3.8) is 0 Å². The fourth-order valence-electron chi connectivity index (χ4n) is 1.88. The first-order valence-electron chi connectivity index (χ1n) is 5.52. The van der Waals surface area contributed by atoms with E-state index in [1.807, 2.05) is 0 Å². The summed E-state index contributed by atoms with van der Waals surface area (Å²) in [5.74, 6) is 0.654. The lowest BCUT2D eigenvalue weighted by atomic mass is 9.94. The molecular formula is C13H21N. The third kappa shape index (κ3) is 3.51. The van der Waals surface area contributed by atoms with Gasteiger partial charge in [-0.05, 0) is 37.8 Å². The van der Waals surface area contributed by atoms with Gasteiger partial charge in [-0.15, -0.1) is 0 Å². The Kier molecular flexibility index (Phi) is 4.68. The van der Waals surface area contributed by atoms with Crippen LogP contribution in [0.5, 0.6) is 0 Å². The highest BCUT2D eigenvalue weighted by molar-refractivity contribution is 5.22. The van der Waals surface area contributed by atoms with E-state index in [2.05, 4.69) is 38.1 Å². The summed E-state index contributed by atoms with van der Waals surface area (Å²) in [5, 5.41) is 0. The molecule has 0 aliphatic carbocycles. The van der Waals surface area contributed by atoms with Crippen molar-refractivity contribution >= 4 is 0 Å². The topological polar surface area (TPSA) is 26.0 Å². The first-order chi connectivity index (χ1) is 6.76. The van der Waals surface area contributed by atoms with Crippen LogP contribution in [-0.4, -0.2) is 6.54 Å². The smallest absolute Gasteiger partial charge is 0.00457 e. The van der Waals surface area contributed by atoms with Gasteiger partial charge in [-0.2, -0.15) is 0 Å². The Morgan fingerprint density at radius 1 is 1.36 bits per heavy atom. The summed E-state index contributed by atoms with van der Waals surface area (Å²) in [7, 11) is 0. The van der Waals surface area contributed by atoms with Crippen LogP contribution in [0.1, 0.15) is 30.9 Å². The van der Waals surface area contributed by atoms with Crippen LogP contribution in [0.15, 0.2) is 24.3 Å². The van der Waals surface area contributed by atoms with Gasteiger partial charge in [0.1, 0.15) is 0 Å². The fraction of sp³-hybridized carbons (Fsp3) is 0.538. The van der Waals surface area contributed by atoms with Gasteiger partial charge in [0, 0.05) is 0 Å². The van der Waals surface area contributed by atoms with E-state index in [-0.39, 0.29) is 0 Å². The summed E-state index contributed by atoms with van der Waals surface area (Å²) in [5.41, 5.74) is 8.51. The minimum Gasteiger partial charge on any atom is -0.330 e. The fourth-order valence-corrected chi connectivity index (χ4v) is 1.88. The molecule has 1 heteroatoms. The molecule has 1 nitrogen and oxygen atoms in total. The van der Waals surface area contributed by atoms with Crippen LogP contribution in [-0.2, 0) is 6.42 Å². The van der Waals surface area contributed by atoms with Crippen LogP contribution in [0.2, 0.25) is 0 Å². The maximum absolute atomic E-state index is 5.74. The molecule has 1 aromatic rings. The normalized spacial score (nSPS) is 12.8. The maximum atomic E-state index is 5.74. The van der Waals surface area contributed by atoms with E-state index in [9.17, 15) is 0 Å². The van der Waals surface area contributed by atoms with Crippen molar-refractivity contribution in [2.75, 3.05) is 6.54 Å². The van der Waals surface area contributed by atoms with Crippen molar-refractivity contribution in [1.29, 1.82) is 0 Å². The number of rotatable bonds is 5. The van der Waals surface area contributed by atoms with Gasteiger partial charge in [-0.25, -0.2) is 0 Å². The third-order valence-corrected chi connectivity index (χ3v) is 2.64. The van der Waals surface area contributed by atoms with Gasteiger partial charge in [0.05, 0.1) is 0 Å². The van der Waals surface area contributed by atoms with Crippen molar-refractivity contribution in [3.8, 4) is 0 Å². The molecule has 78 valence electrons. The number of hydrogen-bond acceptors (Lipinski definition) is 1. The zero-order chi connectivity index (χ0) is 10.4. The minimum atomic E-state index is 0.654. The monoisotopic (exact) mass is 191 g/mol. The summed E-state index contributed by atoms with van der Waals surface area (Å²) in [6.07, 6.45) is 3.60. The Balaban J connectivity index is 2.57. The molecule has 0 radical (unpaired) electrons. The molecule has 1 atom stereocenters. The van der Waals surface area contributed by atoms with E-state index >= 15 is 0 Å². The van der Waals surface area contributed by atoms with Crippen molar-refractivity contribution < 1.29 is 0 Å². The number of benzene rings is 1. The molecule has 0 saturated heterocycles. The van der Waals surface area contributed by atoms with Gasteiger partial charge in [-0.1, -0.05) is 43.2 Å². The molecular weight excluding hydrogens is 170 g/mol. The summed E-state index contributed by atoms with van der Waals surface area (Å²) >= 11 is 0. The second kappa shape index (κ2) is 5.82. The van der Waals surface area contributed by atoms with Crippen LogP contribution in [0.4, 0.5) is 0 Å². The highest BCUT2D eigenvalue weighted by atomic mass is 14.5. The van der Waals surface area contributed by atoms with Gasteiger partial charge in [-0.3, -0.25) is 0 Å². The van der Waals surface area contributed by atoms with Crippen molar-refractivity contribution in [1.82, 2.24) is 0 Å². The van der Waals surface area contributed by atoms with Crippen molar-refractivity contribution in [3.05, 3.63) is 35.4 Å². The van der Waals surface area contributed by atoms with Crippen LogP contribution < -0.4 is 5.73 Å². The third-order valence-electron chi connectivity index (χ3n) is 2.64. The van der Waals surface area contributed by atoms with Gasteiger partial charge in [0.15, 0.2) is 0 Å². The van der Waals surface area contributed by atoms with E-state index in [4.69, 9.17) is 5.73 Å². The highest BCUT2D eigenvalue weighted by Gasteiger charge is 2.06. The van der Waals surface area contributed by atoms with E-state index in [1.54, 1.807) is 0 Å². The standard InChI is InChI=1S/C13H21N/c1-3-5-13(10-14)9-12-7-4-6-11(2)8-12/h4,6-8,13H,3,5,9-10,14H2,1-2H3. The Morgan fingerprint density at radius 2 is 2.14 bits per heavy atom. The largest absolute Gasteiger partial charge is 0.330 e. The molecule has 0 saturated carbocycles. The lowest BCUT2D eigenvalue weighted by Gasteiger charge is -2.13. The van der Waals surface area contributed by atoms with Crippen molar-refractivity contribution in [2.45, 2.75) is 33.1 Å². The average Bonchev–Trinajstić information content (AvgIpc) is 2.17. The Bertz CT molecular complexity index is 268. The molecule has 14 heavy (non-hydrogen) atoms. The number of aryl methyl sites for hydroxylation is 1. The molecule has 1 unspecified atom stereocenters. The quantitative estimate of drug-likeness (QED) is 0.761. The van der Waals surface area contributed by atoms with Crippen molar-refractivity contribution in [2.24, 2.45) is 11.7 Å². The van der Waals surface area contributed by atoms with Crippen LogP contribution in [0, 0.1) is 12.8 Å². The summed E-state index contributed by atoms with van der Waals surface area (Å²) in [6.45, 7) is 5.17. The molecule has 0 heterocycles. The van der Waals surface area contributed by atoms with E-state index in [1.165, 1.54) is 24.0 Å². The molecule has 0 aliphatic rings. The van der Waals surface area contributed by atoms with Crippen LogP contribution >= 0.6 is 0 Å². The maximum Gasteiger partial charge on any atom is -0.00457 e.